The molecule has 0 N–H and O–H groups in total. The van der Waals surface area contributed by atoms with Crippen LogP contribution < -0.4 is 0 Å². The Morgan fingerprint density at radius 1 is 1.15 bits per heavy atom. The summed E-state index contributed by atoms with van der Waals surface area (Å²) in [5, 5.41) is 2.00. The molecule has 1 aromatic rings. The van der Waals surface area contributed by atoms with Crippen molar-refractivity contribution < 1.29 is 23.8 Å². The smallest absolute Gasteiger partial charge is 0.329 e. The van der Waals surface area contributed by atoms with E-state index in [1.807, 2.05) is 30.2 Å². The molecule has 0 bridgehead atoms. The normalized spacial score (nSPS) is 33.7. The van der Waals surface area contributed by atoms with E-state index in [0.717, 1.165) is 37.7 Å². The number of hydrogen-bond donors (Lipinski definition) is 0. The Balaban J connectivity index is 1.39. The van der Waals surface area contributed by atoms with Gasteiger partial charge in [-0.25, -0.2) is 4.79 Å². The van der Waals surface area contributed by atoms with Crippen molar-refractivity contribution in [2.45, 2.75) is 68.4 Å². The number of ether oxygens (including phenoxy) is 3. The topological polar surface area (TPSA) is 57.2 Å². The molecule has 27 heavy (non-hydrogen) atoms. The van der Waals surface area contributed by atoms with E-state index in [1.165, 1.54) is 0 Å². The minimum atomic E-state index is -0.654. The lowest BCUT2D eigenvalue weighted by molar-refractivity contribution is -0.332. The second-order valence-electron chi connectivity index (χ2n) is 8.26. The Morgan fingerprint density at radius 2 is 1.85 bits per heavy atom. The summed E-state index contributed by atoms with van der Waals surface area (Å²) in [6.45, 7) is 3.60. The van der Waals surface area contributed by atoms with Gasteiger partial charge >= 0.3 is 5.97 Å². The summed E-state index contributed by atoms with van der Waals surface area (Å²) in [6.07, 6.45) is 4.85. The summed E-state index contributed by atoms with van der Waals surface area (Å²) >= 11 is 0. The highest BCUT2D eigenvalue weighted by Crippen LogP contribution is 2.62. The van der Waals surface area contributed by atoms with Crippen LogP contribution in [0.1, 0.15) is 57.1 Å². The van der Waals surface area contributed by atoms with Gasteiger partial charge in [0.1, 0.15) is 11.6 Å². The summed E-state index contributed by atoms with van der Waals surface area (Å²) in [7, 11) is 0. The van der Waals surface area contributed by atoms with E-state index < -0.39 is 11.3 Å². The van der Waals surface area contributed by atoms with Gasteiger partial charge in [0.2, 0.25) is 0 Å². The molecule has 1 aliphatic carbocycles. The molecule has 2 spiro atoms. The van der Waals surface area contributed by atoms with Gasteiger partial charge in [-0.2, -0.15) is 5.06 Å². The Labute approximate surface area is 159 Å². The summed E-state index contributed by atoms with van der Waals surface area (Å²) in [5.74, 6) is -0.561. The number of benzene rings is 1. The lowest BCUT2D eigenvalue weighted by atomic mass is 9.62. The molecule has 6 nitrogen and oxygen atoms in total. The SMILES string of the molecule is CCOC(=O)C12CC(c3ccccc3)ON1C1(CCC3(CC1)OCCO3)C2. The van der Waals surface area contributed by atoms with Crippen molar-refractivity contribution in [3.63, 3.8) is 0 Å². The second kappa shape index (κ2) is 6.27. The number of carbonyl (C=O) groups is 1. The Hall–Kier alpha value is -1.47. The number of hydroxylamine groups is 2. The molecule has 2 unspecified atom stereocenters. The molecule has 3 saturated heterocycles. The van der Waals surface area contributed by atoms with E-state index in [4.69, 9.17) is 19.0 Å². The van der Waals surface area contributed by atoms with Crippen molar-refractivity contribution >= 4 is 5.97 Å². The molecule has 0 aromatic heterocycles. The van der Waals surface area contributed by atoms with Gasteiger partial charge in [-0.3, -0.25) is 4.84 Å². The van der Waals surface area contributed by atoms with Gasteiger partial charge in [0.15, 0.2) is 5.79 Å². The number of esters is 1. The molecule has 5 rings (SSSR count). The first-order chi connectivity index (χ1) is 13.1. The van der Waals surface area contributed by atoms with Crippen LogP contribution in [0.5, 0.6) is 0 Å². The van der Waals surface area contributed by atoms with Crippen LogP contribution in [-0.4, -0.2) is 47.7 Å². The maximum Gasteiger partial charge on any atom is 0.329 e. The fraction of sp³-hybridized carbons (Fsp3) is 0.667. The molecule has 2 atom stereocenters. The zero-order valence-corrected chi connectivity index (χ0v) is 15.8. The van der Waals surface area contributed by atoms with Crippen LogP contribution in [-0.2, 0) is 23.8 Å². The highest BCUT2D eigenvalue weighted by Gasteiger charge is 2.72. The number of hydrogen-bond acceptors (Lipinski definition) is 6. The second-order valence-corrected chi connectivity index (χ2v) is 8.26. The van der Waals surface area contributed by atoms with E-state index in [2.05, 4.69) is 12.1 Å². The van der Waals surface area contributed by atoms with Crippen LogP contribution in [0, 0.1) is 0 Å². The minimum absolute atomic E-state index is 0.107. The van der Waals surface area contributed by atoms with Crippen LogP contribution in [0.3, 0.4) is 0 Å². The van der Waals surface area contributed by atoms with Gasteiger partial charge in [-0.1, -0.05) is 30.3 Å². The molecule has 4 fully saturated rings. The monoisotopic (exact) mass is 373 g/mol. The van der Waals surface area contributed by atoms with Crippen LogP contribution in [0.4, 0.5) is 0 Å². The molecule has 0 radical (unpaired) electrons. The van der Waals surface area contributed by atoms with Crippen molar-refractivity contribution in [2.75, 3.05) is 19.8 Å². The van der Waals surface area contributed by atoms with E-state index >= 15 is 0 Å². The fourth-order valence-corrected chi connectivity index (χ4v) is 5.50. The van der Waals surface area contributed by atoms with Crippen LogP contribution in [0.2, 0.25) is 0 Å². The highest BCUT2D eigenvalue weighted by molar-refractivity contribution is 5.83. The van der Waals surface area contributed by atoms with Crippen molar-refractivity contribution in [1.29, 1.82) is 0 Å². The number of fused-ring (bicyclic) bond motifs is 2. The molecule has 1 saturated carbocycles. The Kier molecular flexibility index (Phi) is 4.09. The first-order valence-electron chi connectivity index (χ1n) is 10.1. The van der Waals surface area contributed by atoms with Crippen molar-refractivity contribution in [1.82, 2.24) is 5.06 Å². The van der Waals surface area contributed by atoms with Crippen LogP contribution in [0.15, 0.2) is 30.3 Å². The number of nitrogens with zero attached hydrogens (tertiary/aromatic N) is 1. The summed E-state index contributed by atoms with van der Waals surface area (Å²) < 4.78 is 17.2. The predicted octanol–water partition coefficient (Wildman–Crippen LogP) is 3.13. The fourth-order valence-electron chi connectivity index (χ4n) is 5.50. The van der Waals surface area contributed by atoms with E-state index in [-0.39, 0.29) is 17.6 Å². The quantitative estimate of drug-likeness (QED) is 0.759. The first-order valence-corrected chi connectivity index (χ1v) is 10.1. The molecule has 3 aliphatic heterocycles. The molecular formula is C21H27NO5. The lowest BCUT2D eigenvalue weighted by Crippen LogP contribution is -2.75. The molecule has 0 amide bonds. The summed E-state index contributed by atoms with van der Waals surface area (Å²) in [5.41, 5.74) is 0.343. The highest BCUT2D eigenvalue weighted by atomic mass is 16.7. The van der Waals surface area contributed by atoms with Crippen molar-refractivity contribution in [3.05, 3.63) is 35.9 Å². The lowest BCUT2D eigenvalue weighted by Gasteiger charge is -2.61. The average molecular weight is 373 g/mol. The van der Waals surface area contributed by atoms with Gasteiger partial charge < -0.3 is 14.2 Å². The number of rotatable bonds is 3. The third-order valence-corrected chi connectivity index (χ3v) is 6.78. The standard InChI is InChI=1S/C21H27NO5/c1-2-24-18(23)20-14-17(16-6-4-3-5-7-16)27-22(20)19(15-20)8-10-21(11-9-19)25-12-13-26-21/h3-7,17H,2,8-15H2,1H3. The van der Waals surface area contributed by atoms with Gasteiger partial charge in [0, 0.05) is 19.3 Å². The maximum atomic E-state index is 12.9. The van der Waals surface area contributed by atoms with Gasteiger partial charge in [0.05, 0.1) is 25.4 Å². The first kappa shape index (κ1) is 17.6. The molecule has 1 aromatic carbocycles. The predicted molar refractivity (Wildman–Crippen MR) is 96.5 cm³/mol. The van der Waals surface area contributed by atoms with E-state index in [9.17, 15) is 4.79 Å². The molecule has 146 valence electrons. The zero-order valence-electron chi connectivity index (χ0n) is 15.8. The third kappa shape index (κ3) is 2.58. The molecule has 4 aliphatic rings. The third-order valence-electron chi connectivity index (χ3n) is 6.78. The number of carbonyl (C=O) groups excluding carboxylic acids is 1. The summed E-state index contributed by atoms with van der Waals surface area (Å²) in [4.78, 5) is 19.3. The molecule has 6 heteroatoms. The van der Waals surface area contributed by atoms with Gasteiger partial charge in [-0.15, -0.1) is 0 Å². The van der Waals surface area contributed by atoms with Crippen LogP contribution >= 0.6 is 0 Å². The van der Waals surface area contributed by atoms with Gasteiger partial charge in [-0.05, 0) is 31.7 Å². The largest absolute Gasteiger partial charge is 0.465 e. The van der Waals surface area contributed by atoms with Crippen molar-refractivity contribution in [2.24, 2.45) is 0 Å². The zero-order chi connectivity index (χ0) is 18.5. The summed E-state index contributed by atoms with van der Waals surface area (Å²) in [6, 6.07) is 10.2. The van der Waals surface area contributed by atoms with Crippen molar-refractivity contribution in [3.8, 4) is 0 Å². The van der Waals surface area contributed by atoms with E-state index in [0.29, 0.717) is 26.2 Å². The molecule has 3 heterocycles. The van der Waals surface area contributed by atoms with Gasteiger partial charge in [0.25, 0.3) is 0 Å². The Bertz CT molecular complexity index is 707. The maximum absolute atomic E-state index is 12.9. The van der Waals surface area contributed by atoms with E-state index in [1.54, 1.807) is 0 Å². The Morgan fingerprint density at radius 3 is 2.52 bits per heavy atom. The molecular weight excluding hydrogens is 346 g/mol. The van der Waals surface area contributed by atoms with Crippen LogP contribution in [0.25, 0.3) is 0 Å². The average Bonchev–Trinajstić information content (AvgIpc) is 3.28. The minimum Gasteiger partial charge on any atom is -0.465 e.